The quantitative estimate of drug-likeness (QED) is 0.880. The molecule has 0 heterocycles. The van der Waals surface area contributed by atoms with E-state index in [0.717, 1.165) is 0 Å². The van der Waals surface area contributed by atoms with Crippen molar-refractivity contribution in [1.82, 2.24) is 5.32 Å². The largest absolute Gasteiger partial charge is 0.484 e. The molecule has 0 saturated heterocycles. The molecule has 0 aromatic heterocycles. The van der Waals surface area contributed by atoms with Gasteiger partial charge in [0.2, 0.25) is 0 Å². The first-order chi connectivity index (χ1) is 10.6. The molecule has 0 fully saturated rings. The van der Waals surface area contributed by atoms with E-state index in [1.165, 1.54) is 12.1 Å². The molecular weight excluding hydrogens is 305 g/mol. The van der Waals surface area contributed by atoms with Gasteiger partial charge in [0.25, 0.3) is 5.91 Å². The van der Waals surface area contributed by atoms with Crippen LogP contribution in [0.3, 0.4) is 0 Å². The van der Waals surface area contributed by atoms with Crippen molar-refractivity contribution in [1.29, 1.82) is 0 Å². The summed E-state index contributed by atoms with van der Waals surface area (Å²) in [4.78, 5) is 11.6. The van der Waals surface area contributed by atoms with E-state index in [1.807, 2.05) is 0 Å². The number of amides is 1. The van der Waals surface area contributed by atoms with E-state index in [9.17, 15) is 9.18 Å². The van der Waals surface area contributed by atoms with Gasteiger partial charge in [-0.25, -0.2) is 4.39 Å². The molecule has 0 unspecified atom stereocenters. The zero-order chi connectivity index (χ0) is 15.8. The van der Waals surface area contributed by atoms with Crippen molar-refractivity contribution in [2.24, 2.45) is 0 Å². The Morgan fingerprint density at radius 3 is 2.50 bits per heavy atom. The minimum absolute atomic E-state index is 0.0974. The first-order valence-corrected chi connectivity index (χ1v) is 6.91. The maximum absolute atomic E-state index is 12.7. The van der Waals surface area contributed by atoms with Gasteiger partial charge in [0, 0.05) is 10.6 Å². The highest BCUT2D eigenvalue weighted by Gasteiger charge is 2.01. The lowest BCUT2D eigenvalue weighted by Gasteiger charge is -2.05. The van der Waals surface area contributed by atoms with Crippen molar-refractivity contribution in [3.05, 3.63) is 64.9 Å². The van der Waals surface area contributed by atoms with Crippen LogP contribution < -0.4 is 10.1 Å². The van der Waals surface area contributed by atoms with Gasteiger partial charge < -0.3 is 10.1 Å². The molecule has 5 heteroatoms. The predicted molar refractivity (Wildman–Crippen MR) is 83.2 cm³/mol. The van der Waals surface area contributed by atoms with E-state index in [0.29, 0.717) is 16.3 Å². The summed E-state index contributed by atoms with van der Waals surface area (Å²) in [5.41, 5.74) is 0.688. The summed E-state index contributed by atoms with van der Waals surface area (Å²) in [7, 11) is 0. The van der Waals surface area contributed by atoms with Gasteiger partial charge in [-0.3, -0.25) is 4.79 Å². The summed E-state index contributed by atoms with van der Waals surface area (Å²) in [6.07, 6.45) is 0. The first-order valence-electron chi connectivity index (χ1n) is 6.53. The van der Waals surface area contributed by atoms with Gasteiger partial charge in [0.1, 0.15) is 11.6 Å². The van der Waals surface area contributed by atoms with Crippen molar-refractivity contribution < 1.29 is 13.9 Å². The Labute approximate surface area is 133 Å². The highest BCUT2D eigenvalue weighted by Crippen LogP contribution is 2.15. The molecular formula is C17H13ClFNO2. The number of carbonyl (C=O) groups excluding carboxylic acids is 1. The summed E-state index contributed by atoms with van der Waals surface area (Å²) in [6.45, 7) is 0.0973. The molecule has 0 saturated carbocycles. The highest BCUT2D eigenvalue weighted by atomic mass is 35.5. The number of rotatable bonds is 4. The molecule has 0 aliphatic rings. The number of hydrogen-bond acceptors (Lipinski definition) is 2. The van der Waals surface area contributed by atoms with E-state index >= 15 is 0 Å². The summed E-state index contributed by atoms with van der Waals surface area (Å²) in [6, 6.07) is 12.6. The van der Waals surface area contributed by atoms with Crippen LogP contribution in [0.25, 0.3) is 0 Å². The van der Waals surface area contributed by atoms with E-state index in [2.05, 4.69) is 17.2 Å². The molecule has 1 amide bonds. The van der Waals surface area contributed by atoms with Crippen LogP contribution in [0.15, 0.2) is 48.5 Å². The minimum atomic E-state index is -0.307. The van der Waals surface area contributed by atoms with Crippen molar-refractivity contribution in [2.45, 2.75) is 0 Å². The first kappa shape index (κ1) is 15.9. The van der Waals surface area contributed by atoms with Gasteiger partial charge in [-0.15, -0.1) is 0 Å². The van der Waals surface area contributed by atoms with E-state index in [4.69, 9.17) is 16.3 Å². The number of ether oxygens (including phenoxy) is 1. The van der Waals surface area contributed by atoms with Gasteiger partial charge in [0.15, 0.2) is 6.61 Å². The van der Waals surface area contributed by atoms with Crippen molar-refractivity contribution >= 4 is 17.5 Å². The summed E-state index contributed by atoms with van der Waals surface area (Å²) < 4.78 is 18.0. The van der Waals surface area contributed by atoms with Crippen LogP contribution >= 0.6 is 11.6 Å². The standard InChI is InChI=1S/C17H13ClFNO2/c18-14-5-9-16(10-6-14)22-12-17(21)20-11-1-2-13-3-7-15(19)8-4-13/h3-10H,11-12H2,(H,20,21). The van der Waals surface area contributed by atoms with Crippen molar-refractivity contribution in [3.8, 4) is 17.6 Å². The topological polar surface area (TPSA) is 38.3 Å². The zero-order valence-electron chi connectivity index (χ0n) is 11.6. The fraction of sp³-hybridized carbons (Fsp3) is 0.118. The monoisotopic (exact) mass is 317 g/mol. The summed E-state index contributed by atoms with van der Waals surface area (Å²) >= 11 is 5.75. The number of halogens is 2. The number of carbonyl (C=O) groups is 1. The van der Waals surface area contributed by atoms with E-state index in [1.54, 1.807) is 36.4 Å². The minimum Gasteiger partial charge on any atom is -0.484 e. The van der Waals surface area contributed by atoms with Crippen LogP contribution in [0.5, 0.6) is 5.75 Å². The smallest absolute Gasteiger partial charge is 0.258 e. The SMILES string of the molecule is O=C(COc1ccc(Cl)cc1)NCC#Cc1ccc(F)cc1. The second kappa shape index (κ2) is 8.06. The summed E-state index contributed by atoms with van der Waals surface area (Å²) in [5.74, 6) is 5.59. The van der Waals surface area contributed by atoms with Crippen LogP contribution in [0, 0.1) is 17.7 Å². The second-order valence-electron chi connectivity index (χ2n) is 4.33. The van der Waals surface area contributed by atoms with Crippen LogP contribution in [0.2, 0.25) is 5.02 Å². The van der Waals surface area contributed by atoms with Gasteiger partial charge in [-0.1, -0.05) is 23.4 Å². The fourth-order valence-corrected chi connectivity index (χ4v) is 1.68. The van der Waals surface area contributed by atoms with Crippen LogP contribution in [0.4, 0.5) is 4.39 Å². The highest BCUT2D eigenvalue weighted by molar-refractivity contribution is 6.30. The summed E-state index contributed by atoms with van der Waals surface area (Å²) in [5, 5.41) is 3.21. The molecule has 2 aromatic carbocycles. The molecule has 0 atom stereocenters. The third-order valence-electron chi connectivity index (χ3n) is 2.63. The molecule has 112 valence electrons. The molecule has 0 bridgehead atoms. The van der Waals surface area contributed by atoms with Gasteiger partial charge in [0.05, 0.1) is 6.54 Å². The number of nitrogens with one attached hydrogen (secondary N) is 1. The van der Waals surface area contributed by atoms with Crippen LogP contribution in [-0.2, 0) is 4.79 Å². The molecule has 3 nitrogen and oxygen atoms in total. The van der Waals surface area contributed by atoms with E-state index in [-0.39, 0.29) is 24.9 Å². The van der Waals surface area contributed by atoms with Crippen molar-refractivity contribution in [2.75, 3.05) is 13.2 Å². The lowest BCUT2D eigenvalue weighted by atomic mass is 10.2. The van der Waals surface area contributed by atoms with Crippen LogP contribution in [0.1, 0.15) is 5.56 Å². The molecule has 0 spiro atoms. The molecule has 2 rings (SSSR count). The Morgan fingerprint density at radius 1 is 1.14 bits per heavy atom. The third-order valence-corrected chi connectivity index (χ3v) is 2.89. The Bertz CT molecular complexity index is 687. The molecule has 0 radical (unpaired) electrons. The molecule has 1 N–H and O–H groups in total. The van der Waals surface area contributed by atoms with Gasteiger partial charge in [-0.2, -0.15) is 0 Å². The maximum Gasteiger partial charge on any atom is 0.258 e. The van der Waals surface area contributed by atoms with Gasteiger partial charge in [-0.05, 0) is 48.5 Å². The van der Waals surface area contributed by atoms with Gasteiger partial charge >= 0.3 is 0 Å². The van der Waals surface area contributed by atoms with E-state index < -0.39 is 0 Å². The van der Waals surface area contributed by atoms with Crippen molar-refractivity contribution in [3.63, 3.8) is 0 Å². The average Bonchev–Trinajstić information content (AvgIpc) is 2.53. The Kier molecular flexibility index (Phi) is 5.81. The molecule has 2 aromatic rings. The van der Waals surface area contributed by atoms with Crippen LogP contribution in [-0.4, -0.2) is 19.1 Å². The molecule has 0 aliphatic heterocycles. The Balaban J connectivity index is 1.72. The average molecular weight is 318 g/mol. The lowest BCUT2D eigenvalue weighted by Crippen LogP contribution is -2.29. The zero-order valence-corrected chi connectivity index (χ0v) is 12.4. The number of hydrogen-bond donors (Lipinski definition) is 1. The number of benzene rings is 2. The lowest BCUT2D eigenvalue weighted by molar-refractivity contribution is -0.122. The molecule has 0 aliphatic carbocycles. The fourth-order valence-electron chi connectivity index (χ4n) is 1.55. The predicted octanol–water partition coefficient (Wildman–Crippen LogP) is 3.03. The Hall–Kier alpha value is -2.51. The molecule has 22 heavy (non-hydrogen) atoms. The maximum atomic E-state index is 12.7. The normalized spacial score (nSPS) is 9.55. The Morgan fingerprint density at radius 2 is 1.82 bits per heavy atom. The second-order valence-corrected chi connectivity index (χ2v) is 4.76. The third kappa shape index (κ3) is 5.47.